The summed E-state index contributed by atoms with van der Waals surface area (Å²) in [6, 6.07) is 4.73. The molecule has 0 fully saturated rings. The van der Waals surface area contributed by atoms with Crippen molar-refractivity contribution < 1.29 is 19.4 Å². The normalized spacial score (nSPS) is 9.82. The Morgan fingerprint density at radius 2 is 2.00 bits per heavy atom. The first kappa shape index (κ1) is 13.0. The van der Waals surface area contributed by atoms with Crippen LogP contribution in [0.5, 0.6) is 5.75 Å². The smallest absolute Gasteiger partial charge is 0.336 e. The van der Waals surface area contributed by atoms with Gasteiger partial charge in [0.1, 0.15) is 5.75 Å². The first-order valence-corrected chi connectivity index (χ1v) is 5.09. The molecule has 5 nitrogen and oxygen atoms in total. The second-order valence-corrected chi connectivity index (χ2v) is 3.81. The zero-order chi connectivity index (χ0) is 13.0. The van der Waals surface area contributed by atoms with Crippen LogP contribution in [-0.2, 0) is 4.79 Å². The predicted octanol–water partition coefficient (Wildman–Crippen LogP) is 1.16. The molecule has 0 saturated heterocycles. The molecule has 5 heteroatoms. The lowest BCUT2D eigenvalue weighted by Crippen LogP contribution is -2.27. The van der Waals surface area contributed by atoms with Crippen LogP contribution in [0.4, 0.5) is 0 Å². The van der Waals surface area contributed by atoms with Crippen molar-refractivity contribution in [2.45, 2.75) is 6.92 Å². The maximum Gasteiger partial charge on any atom is 0.336 e. The van der Waals surface area contributed by atoms with Crippen LogP contribution in [0.1, 0.15) is 15.9 Å². The van der Waals surface area contributed by atoms with E-state index in [-0.39, 0.29) is 18.1 Å². The number of rotatable bonds is 4. The average molecular weight is 237 g/mol. The van der Waals surface area contributed by atoms with E-state index in [0.29, 0.717) is 11.3 Å². The third-order valence-electron chi connectivity index (χ3n) is 2.36. The van der Waals surface area contributed by atoms with Crippen molar-refractivity contribution in [3.8, 4) is 5.75 Å². The Morgan fingerprint density at radius 3 is 2.53 bits per heavy atom. The van der Waals surface area contributed by atoms with Crippen molar-refractivity contribution in [3.05, 3.63) is 29.3 Å². The van der Waals surface area contributed by atoms with E-state index in [9.17, 15) is 9.59 Å². The van der Waals surface area contributed by atoms with Crippen molar-refractivity contribution in [2.75, 3.05) is 20.7 Å². The second kappa shape index (κ2) is 5.34. The van der Waals surface area contributed by atoms with Crippen LogP contribution in [0.25, 0.3) is 0 Å². The van der Waals surface area contributed by atoms with Crippen LogP contribution in [0, 0.1) is 6.92 Å². The van der Waals surface area contributed by atoms with Gasteiger partial charge in [-0.1, -0.05) is 6.07 Å². The summed E-state index contributed by atoms with van der Waals surface area (Å²) in [6.07, 6.45) is 0. The molecule has 1 rings (SSSR count). The lowest BCUT2D eigenvalue weighted by Gasteiger charge is -2.13. The summed E-state index contributed by atoms with van der Waals surface area (Å²) in [5.41, 5.74) is 0.700. The van der Waals surface area contributed by atoms with E-state index < -0.39 is 5.97 Å². The fourth-order valence-electron chi connectivity index (χ4n) is 1.27. The van der Waals surface area contributed by atoms with Crippen LogP contribution >= 0.6 is 0 Å². The molecule has 92 valence electrons. The van der Waals surface area contributed by atoms with Gasteiger partial charge in [0.05, 0.1) is 5.56 Å². The SMILES string of the molecule is Cc1c(OCC(=O)N(C)C)cccc1C(=O)O. The van der Waals surface area contributed by atoms with Gasteiger partial charge in [0, 0.05) is 19.7 Å². The van der Waals surface area contributed by atoms with Gasteiger partial charge in [0.15, 0.2) is 6.61 Å². The molecule has 1 N–H and O–H groups in total. The summed E-state index contributed by atoms with van der Waals surface area (Å²) in [6.45, 7) is 1.55. The van der Waals surface area contributed by atoms with E-state index in [0.717, 1.165) is 0 Å². The molecule has 1 aromatic rings. The molecule has 0 aliphatic rings. The van der Waals surface area contributed by atoms with Crippen molar-refractivity contribution in [1.82, 2.24) is 4.90 Å². The van der Waals surface area contributed by atoms with Gasteiger partial charge >= 0.3 is 5.97 Å². The molecule has 0 bridgehead atoms. The minimum atomic E-state index is -1.01. The van der Waals surface area contributed by atoms with Gasteiger partial charge in [-0.15, -0.1) is 0 Å². The highest BCUT2D eigenvalue weighted by atomic mass is 16.5. The van der Waals surface area contributed by atoms with E-state index >= 15 is 0 Å². The highest BCUT2D eigenvalue weighted by Crippen LogP contribution is 2.21. The summed E-state index contributed by atoms with van der Waals surface area (Å²) in [4.78, 5) is 23.6. The molecule has 0 saturated carbocycles. The van der Waals surface area contributed by atoms with Crippen LogP contribution in [0.2, 0.25) is 0 Å². The van der Waals surface area contributed by atoms with Gasteiger partial charge in [-0.2, -0.15) is 0 Å². The first-order chi connectivity index (χ1) is 7.93. The van der Waals surface area contributed by atoms with Crippen LogP contribution in [-0.4, -0.2) is 42.6 Å². The molecule has 0 spiro atoms. The number of hydrogen-bond donors (Lipinski definition) is 1. The number of hydrogen-bond acceptors (Lipinski definition) is 3. The van der Waals surface area contributed by atoms with Gasteiger partial charge in [0.2, 0.25) is 0 Å². The number of carboxylic acid groups (broad SMARTS) is 1. The number of likely N-dealkylation sites (N-methyl/N-ethyl adjacent to an activating group) is 1. The van der Waals surface area contributed by atoms with Gasteiger partial charge in [0.25, 0.3) is 5.91 Å². The largest absolute Gasteiger partial charge is 0.483 e. The van der Waals surface area contributed by atoms with Gasteiger partial charge in [-0.25, -0.2) is 4.79 Å². The highest BCUT2D eigenvalue weighted by molar-refractivity contribution is 5.90. The molecular weight excluding hydrogens is 222 g/mol. The number of amides is 1. The lowest BCUT2D eigenvalue weighted by molar-refractivity contribution is -0.130. The van der Waals surface area contributed by atoms with Crippen LogP contribution in [0.15, 0.2) is 18.2 Å². The third-order valence-corrected chi connectivity index (χ3v) is 2.36. The minimum absolute atomic E-state index is 0.100. The molecule has 1 aromatic carbocycles. The molecule has 0 atom stereocenters. The quantitative estimate of drug-likeness (QED) is 0.853. The van der Waals surface area contributed by atoms with Crippen molar-refractivity contribution >= 4 is 11.9 Å². The topological polar surface area (TPSA) is 66.8 Å². The molecule has 0 heterocycles. The average Bonchev–Trinajstić information content (AvgIpc) is 2.26. The Morgan fingerprint density at radius 1 is 1.35 bits per heavy atom. The Kier molecular flexibility index (Phi) is 4.09. The number of aromatic carboxylic acids is 1. The number of nitrogens with zero attached hydrogens (tertiary/aromatic N) is 1. The number of carbonyl (C=O) groups excluding carboxylic acids is 1. The summed E-state index contributed by atoms with van der Waals surface area (Å²) < 4.78 is 5.30. The lowest BCUT2D eigenvalue weighted by atomic mass is 10.1. The summed E-state index contributed by atoms with van der Waals surface area (Å²) in [7, 11) is 3.26. The second-order valence-electron chi connectivity index (χ2n) is 3.81. The molecule has 0 aromatic heterocycles. The number of benzene rings is 1. The van der Waals surface area contributed by atoms with Crippen LogP contribution in [0.3, 0.4) is 0 Å². The minimum Gasteiger partial charge on any atom is -0.483 e. The maximum atomic E-state index is 11.3. The van der Waals surface area contributed by atoms with Gasteiger partial charge in [-0.3, -0.25) is 4.79 Å². The molecule has 0 aliphatic heterocycles. The number of carbonyl (C=O) groups is 2. The molecule has 0 unspecified atom stereocenters. The van der Waals surface area contributed by atoms with Crippen molar-refractivity contribution in [3.63, 3.8) is 0 Å². The molecule has 17 heavy (non-hydrogen) atoms. The molecule has 1 amide bonds. The highest BCUT2D eigenvalue weighted by Gasteiger charge is 2.12. The monoisotopic (exact) mass is 237 g/mol. The van der Waals surface area contributed by atoms with Crippen molar-refractivity contribution in [2.24, 2.45) is 0 Å². The fraction of sp³-hybridized carbons (Fsp3) is 0.333. The summed E-state index contributed by atoms with van der Waals surface area (Å²) in [5.74, 6) is -0.767. The van der Waals surface area contributed by atoms with Crippen LogP contribution < -0.4 is 4.74 Å². The predicted molar refractivity (Wildman–Crippen MR) is 62.3 cm³/mol. The number of ether oxygens (including phenoxy) is 1. The Bertz CT molecular complexity index is 440. The zero-order valence-electron chi connectivity index (χ0n) is 10.1. The molecule has 0 radical (unpaired) electrons. The Hall–Kier alpha value is -2.04. The van der Waals surface area contributed by atoms with Gasteiger partial charge < -0.3 is 14.7 Å². The summed E-state index contributed by atoms with van der Waals surface area (Å²) >= 11 is 0. The van der Waals surface area contributed by atoms with E-state index in [1.807, 2.05) is 0 Å². The fourth-order valence-corrected chi connectivity index (χ4v) is 1.27. The first-order valence-electron chi connectivity index (χ1n) is 5.09. The molecular formula is C12H15NO4. The molecule has 0 aliphatic carbocycles. The number of carboxylic acids is 1. The Balaban J connectivity index is 2.82. The standard InChI is InChI=1S/C12H15NO4/c1-8-9(12(15)16)5-4-6-10(8)17-7-11(14)13(2)3/h4-6H,7H2,1-3H3,(H,15,16). The summed E-state index contributed by atoms with van der Waals surface area (Å²) in [5, 5.41) is 8.93. The Labute approximate surface area is 99.6 Å². The van der Waals surface area contributed by atoms with E-state index in [2.05, 4.69) is 0 Å². The van der Waals surface area contributed by atoms with E-state index in [1.54, 1.807) is 33.2 Å². The third kappa shape index (κ3) is 3.21. The maximum absolute atomic E-state index is 11.3. The van der Waals surface area contributed by atoms with Gasteiger partial charge in [-0.05, 0) is 19.1 Å². The van der Waals surface area contributed by atoms with E-state index in [4.69, 9.17) is 9.84 Å². The van der Waals surface area contributed by atoms with E-state index in [1.165, 1.54) is 11.0 Å². The zero-order valence-corrected chi connectivity index (χ0v) is 10.1. The van der Waals surface area contributed by atoms with Crippen molar-refractivity contribution in [1.29, 1.82) is 0 Å².